The van der Waals surface area contributed by atoms with Gasteiger partial charge in [0.25, 0.3) is 26.9 Å². The zero-order valence-corrected chi connectivity index (χ0v) is 77.8. The number of anilines is 12. The summed E-state index contributed by atoms with van der Waals surface area (Å²) in [7, 11) is 0. The van der Waals surface area contributed by atoms with Gasteiger partial charge in [0, 0.05) is 68.2 Å². The number of fused-ring (bicyclic) bond motifs is 17. The molecule has 0 saturated heterocycles. The summed E-state index contributed by atoms with van der Waals surface area (Å²) in [6, 6.07) is 169. The molecular weight excluding hydrogens is 1700 g/mol. The van der Waals surface area contributed by atoms with E-state index in [4.69, 9.17) is 18.9 Å². The Kier molecular flexibility index (Phi) is 20.4. The molecule has 8 aliphatic heterocycles. The minimum absolute atomic E-state index is 0.103. The summed E-state index contributed by atoms with van der Waals surface area (Å²) >= 11 is 0. The summed E-state index contributed by atoms with van der Waals surface area (Å²) in [4.78, 5) is 9.50. The summed E-state index contributed by atoms with van der Waals surface area (Å²) in [5.41, 5.74) is 44.0. The van der Waals surface area contributed by atoms with E-state index in [0.29, 0.717) is 0 Å². The molecule has 12 heteroatoms. The van der Waals surface area contributed by atoms with Gasteiger partial charge in [0.2, 0.25) is 0 Å². The standard InChI is InChI=1S/C34H22BNO.2C32H24BNO.C30H20BNO/c1-2-11-27(12-3-1)36-30-14-7-6-13-28(30)35-29-22-26(25-18-17-23-9-4-5-10-24(23)21-25)19-20-32(29)37-33-16-8-15-31(36)34(33)35;1-21-11-15-25(16-12-21)34-28-18-13-22(2)19-27(28)33-26-17-14-24(23-7-4-3-5-8-23)20-31(26)35-30-10-6-9-29(34)32(30)33;1-21-11-15-25(16-12-21)34-28-17-13-22(2)19-26(28)33-27-20-24(23-7-4-3-5-8-23)14-18-30(27)35-31-10-6-9-29(34)32(31)33;1-3-10-21(11-4-1)22-18-19-25-29(20-22)33-28-17-9-16-27-30(28)31(25)24-14-7-8-15-26(24)32(27)23-12-5-2-6-13-23/h1-22H;2*3-20H,1-2H3;1-20H. The number of ether oxygens (including phenoxy) is 4. The van der Waals surface area contributed by atoms with E-state index in [2.05, 4.69) is 514 Å². The SMILES string of the molecule is Cc1ccc(N2c3ccc(C)cc3B3c4cc(-c5ccccc5)ccc4Oc4cccc2c43)cc1.Cc1ccc(N2c3ccc(C)cc3B3c4ccc(-c5ccccc5)cc4Oc4cccc2c43)cc1.c1ccc(-c2ccc3c(c2)Oc2cccc4c2B3c2ccccc2N4c2ccccc2)cc1.c1ccc(N2c3ccccc3B3c4cc(-c5ccc6ccccc6c5)ccc4Oc4cccc2c43)cc1. The quantitative estimate of drug-likeness (QED) is 0.140. The molecule has 140 heavy (non-hydrogen) atoms. The Morgan fingerprint density at radius 2 is 0.436 bits per heavy atom. The lowest BCUT2D eigenvalue weighted by Gasteiger charge is -2.40. The van der Waals surface area contributed by atoms with Crippen LogP contribution in [0.3, 0.4) is 0 Å². The van der Waals surface area contributed by atoms with Crippen molar-refractivity contribution in [2.24, 2.45) is 0 Å². The number of hydrogen-bond acceptors (Lipinski definition) is 8. The van der Waals surface area contributed by atoms with Crippen LogP contribution in [0.5, 0.6) is 46.0 Å². The second-order valence-corrected chi connectivity index (χ2v) is 37.5. The fraction of sp³-hybridized carbons (Fsp3) is 0.0312. The van der Waals surface area contributed by atoms with Gasteiger partial charge in [0.05, 0.1) is 0 Å². The molecule has 0 radical (unpaired) electrons. The number of rotatable bonds is 8. The Balaban J connectivity index is 0.0000000961. The van der Waals surface area contributed by atoms with Crippen LogP contribution in [0.2, 0.25) is 0 Å². The third-order valence-corrected chi connectivity index (χ3v) is 28.9. The fourth-order valence-electron chi connectivity index (χ4n) is 22.5. The molecule has 21 aromatic rings. The lowest BCUT2D eigenvalue weighted by Crippen LogP contribution is -2.59. The Labute approximate surface area is 817 Å². The van der Waals surface area contributed by atoms with Crippen LogP contribution >= 0.6 is 0 Å². The van der Waals surface area contributed by atoms with E-state index in [0.717, 1.165) is 68.7 Å². The second kappa shape index (κ2) is 34.4. The molecule has 0 saturated carbocycles. The van der Waals surface area contributed by atoms with Gasteiger partial charge in [-0.25, -0.2) is 0 Å². The summed E-state index contributed by atoms with van der Waals surface area (Å²) in [5, 5.41) is 2.51. The Hall–Kier alpha value is -17.5. The molecule has 0 fully saturated rings. The molecule has 8 nitrogen and oxygen atoms in total. The van der Waals surface area contributed by atoms with Gasteiger partial charge in [-0.1, -0.05) is 344 Å². The van der Waals surface area contributed by atoms with Crippen molar-refractivity contribution in [3.63, 3.8) is 0 Å². The minimum atomic E-state index is 0.103. The predicted molar refractivity (Wildman–Crippen MR) is 587 cm³/mol. The van der Waals surface area contributed by atoms with Crippen molar-refractivity contribution in [1.82, 2.24) is 0 Å². The Bertz CT molecular complexity index is 8480. The zero-order valence-electron chi connectivity index (χ0n) is 77.8. The number of aryl methyl sites for hydroxylation is 4. The van der Waals surface area contributed by atoms with Crippen LogP contribution in [0.15, 0.2) is 473 Å². The first-order valence-electron chi connectivity index (χ1n) is 48.4. The van der Waals surface area contributed by atoms with Crippen molar-refractivity contribution in [2.45, 2.75) is 27.7 Å². The molecule has 0 aliphatic carbocycles. The highest BCUT2D eigenvalue weighted by Gasteiger charge is 2.47. The van der Waals surface area contributed by atoms with E-state index in [1.807, 2.05) is 6.07 Å². The van der Waals surface area contributed by atoms with E-state index >= 15 is 0 Å². The Morgan fingerprint density at radius 3 is 0.850 bits per heavy atom. The van der Waals surface area contributed by atoms with E-state index in [1.54, 1.807) is 0 Å². The van der Waals surface area contributed by atoms with E-state index in [1.165, 1.54) is 189 Å². The van der Waals surface area contributed by atoms with E-state index in [-0.39, 0.29) is 26.9 Å². The monoisotopic (exact) mass is 1790 g/mol. The maximum atomic E-state index is 6.61. The highest BCUT2D eigenvalue weighted by Crippen LogP contribution is 2.48. The van der Waals surface area contributed by atoms with Crippen LogP contribution in [-0.4, -0.2) is 26.9 Å². The van der Waals surface area contributed by atoms with Gasteiger partial charge in [0.15, 0.2) is 0 Å². The van der Waals surface area contributed by atoms with E-state index < -0.39 is 0 Å². The molecule has 0 bridgehead atoms. The normalized spacial score (nSPS) is 13.0. The van der Waals surface area contributed by atoms with Crippen LogP contribution in [0.4, 0.5) is 68.2 Å². The minimum Gasteiger partial charge on any atom is -0.458 e. The molecule has 8 aliphatic rings. The first kappa shape index (κ1) is 83.2. The molecule has 8 heterocycles. The molecule has 0 aromatic heterocycles. The summed E-state index contributed by atoms with van der Waals surface area (Å²) in [5.74, 6) is 7.50. The van der Waals surface area contributed by atoms with Gasteiger partial charge in [-0.3, -0.25) is 0 Å². The summed E-state index contributed by atoms with van der Waals surface area (Å²) in [6.45, 7) is 9.11. The Morgan fingerprint density at radius 1 is 0.150 bits per heavy atom. The predicted octanol–water partition coefficient (Wildman–Crippen LogP) is 25.4. The maximum absolute atomic E-state index is 6.61. The molecule has 0 unspecified atom stereocenters. The second-order valence-electron chi connectivity index (χ2n) is 37.5. The summed E-state index contributed by atoms with van der Waals surface area (Å²) < 4.78 is 26.3. The van der Waals surface area contributed by atoms with Crippen LogP contribution in [-0.2, 0) is 0 Å². The molecule has 29 rings (SSSR count). The average Bonchev–Trinajstić information content (AvgIpc) is 0.724. The summed E-state index contributed by atoms with van der Waals surface area (Å²) in [6.07, 6.45) is 0. The maximum Gasteiger partial charge on any atom is 0.256 e. The fourth-order valence-corrected chi connectivity index (χ4v) is 22.5. The number of para-hydroxylation sites is 4. The van der Waals surface area contributed by atoms with Crippen molar-refractivity contribution in [3.05, 3.63) is 495 Å². The van der Waals surface area contributed by atoms with Gasteiger partial charge >= 0.3 is 0 Å². The first-order chi connectivity index (χ1) is 69.1. The third-order valence-electron chi connectivity index (χ3n) is 28.9. The molecule has 0 spiro atoms. The molecule has 0 N–H and O–H groups in total. The first-order valence-corrected chi connectivity index (χ1v) is 48.4. The topological polar surface area (TPSA) is 49.9 Å². The van der Waals surface area contributed by atoms with Gasteiger partial charge in [-0.2, -0.15) is 0 Å². The smallest absolute Gasteiger partial charge is 0.256 e. The van der Waals surface area contributed by atoms with Gasteiger partial charge in [0.1, 0.15) is 46.0 Å². The van der Waals surface area contributed by atoms with Crippen LogP contribution in [0, 0.1) is 27.7 Å². The van der Waals surface area contributed by atoms with Gasteiger partial charge in [-0.05, 0) is 300 Å². The molecule has 21 aromatic carbocycles. The van der Waals surface area contributed by atoms with Crippen LogP contribution in [0.25, 0.3) is 55.3 Å². The van der Waals surface area contributed by atoms with Gasteiger partial charge < -0.3 is 38.5 Å². The van der Waals surface area contributed by atoms with Crippen molar-refractivity contribution in [3.8, 4) is 90.5 Å². The lowest BCUT2D eigenvalue weighted by molar-refractivity contribution is 0.487. The van der Waals surface area contributed by atoms with Crippen molar-refractivity contribution >= 4 is 171 Å². The van der Waals surface area contributed by atoms with Crippen molar-refractivity contribution < 1.29 is 18.9 Å². The zero-order chi connectivity index (χ0) is 93.2. The molecule has 0 amide bonds. The third kappa shape index (κ3) is 14.3. The highest BCUT2D eigenvalue weighted by molar-refractivity contribution is 7.01. The van der Waals surface area contributed by atoms with Crippen molar-refractivity contribution in [1.29, 1.82) is 0 Å². The molecule has 658 valence electrons. The molecular formula is C128H90B4N4O4. The van der Waals surface area contributed by atoms with Gasteiger partial charge in [-0.15, -0.1) is 0 Å². The number of benzene rings is 21. The molecule has 0 atom stereocenters. The van der Waals surface area contributed by atoms with Crippen LogP contribution < -0.4 is 104 Å². The number of nitrogens with zero attached hydrogens (tertiary/aromatic N) is 4. The van der Waals surface area contributed by atoms with Crippen LogP contribution in [0.1, 0.15) is 22.3 Å². The lowest BCUT2D eigenvalue weighted by atomic mass is 9.34. The van der Waals surface area contributed by atoms with Crippen molar-refractivity contribution in [2.75, 3.05) is 19.6 Å². The largest absolute Gasteiger partial charge is 0.458 e. The number of hydrogen-bond donors (Lipinski definition) is 0. The van der Waals surface area contributed by atoms with E-state index in [9.17, 15) is 0 Å². The highest BCUT2D eigenvalue weighted by atomic mass is 16.5. The average molecular weight is 1790 g/mol.